The summed E-state index contributed by atoms with van der Waals surface area (Å²) in [7, 11) is 2.61. The second-order valence-electron chi connectivity index (χ2n) is 4.19. The summed E-state index contributed by atoms with van der Waals surface area (Å²) >= 11 is 0. The maximum Gasteiger partial charge on any atom is 0.356 e. The maximum atomic E-state index is 11.6. The molecule has 0 spiro atoms. The van der Waals surface area contributed by atoms with Crippen LogP contribution in [0.25, 0.3) is 10.9 Å². The molecule has 1 heterocycles. The zero-order valence-corrected chi connectivity index (χ0v) is 11.8. The molecule has 0 fully saturated rings. The average Bonchev–Trinajstić information content (AvgIpc) is 2.53. The molecule has 6 nitrogen and oxygen atoms in total. The third kappa shape index (κ3) is 3.47. The average molecular weight is 289 g/mol. The van der Waals surface area contributed by atoms with Crippen molar-refractivity contribution >= 4 is 22.8 Å². The van der Waals surface area contributed by atoms with Gasteiger partial charge in [0.1, 0.15) is 5.75 Å². The van der Waals surface area contributed by atoms with E-state index in [4.69, 9.17) is 4.74 Å². The molecule has 0 bridgehead atoms. The number of methoxy groups -OCH3 is 2. The Morgan fingerprint density at radius 1 is 1.14 bits per heavy atom. The van der Waals surface area contributed by atoms with Gasteiger partial charge in [-0.3, -0.25) is 4.79 Å². The summed E-state index contributed by atoms with van der Waals surface area (Å²) < 4.78 is 14.8. The van der Waals surface area contributed by atoms with Gasteiger partial charge in [0.2, 0.25) is 0 Å². The predicted octanol–water partition coefficient (Wildman–Crippen LogP) is 1.96. The Bertz CT molecular complexity index is 668. The SMILES string of the molecule is COC(=O)CCOc1cc(C(=O)OC)nc2ccccc12. The van der Waals surface area contributed by atoms with Crippen molar-refractivity contribution in [2.75, 3.05) is 20.8 Å². The number of carbonyl (C=O) groups is 2. The van der Waals surface area contributed by atoms with Crippen LogP contribution in [0.4, 0.5) is 0 Å². The lowest BCUT2D eigenvalue weighted by atomic mass is 10.2. The molecule has 0 amide bonds. The highest BCUT2D eigenvalue weighted by atomic mass is 16.5. The Morgan fingerprint density at radius 3 is 2.62 bits per heavy atom. The summed E-state index contributed by atoms with van der Waals surface area (Å²) in [5, 5.41) is 0.759. The first-order valence-electron chi connectivity index (χ1n) is 6.33. The van der Waals surface area contributed by atoms with Crippen molar-refractivity contribution in [3.05, 3.63) is 36.0 Å². The van der Waals surface area contributed by atoms with E-state index < -0.39 is 5.97 Å². The van der Waals surface area contributed by atoms with Crippen LogP contribution in [0.5, 0.6) is 5.75 Å². The number of nitrogens with zero attached hydrogens (tertiary/aromatic N) is 1. The zero-order chi connectivity index (χ0) is 15.2. The number of para-hydroxylation sites is 1. The van der Waals surface area contributed by atoms with E-state index in [0.717, 1.165) is 5.39 Å². The van der Waals surface area contributed by atoms with Crippen LogP contribution in [-0.2, 0) is 14.3 Å². The van der Waals surface area contributed by atoms with Crippen molar-refractivity contribution in [1.29, 1.82) is 0 Å². The Labute approximate surface area is 121 Å². The minimum Gasteiger partial charge on any atom is -0.492 e. The Morgan fingerprint density at radius 2 is 1.90 bits per heavy atom. The van der Waals surface area contributed by atoms with Gasteiger partial charge in [-0.05, 0) is 12.1 Å². The molecule has 0 atom stereocenters. The molecule has 21 heavy (non-hydrogen) atoms. The van der Waals surface area contributed by atoms with Crippen LogP contribution in [0, 0.1) is 0 Å². The van der Waals surface area contributed by atoms with E-state index >= 15 is 0 Å². The molecule has 0 aliphatic heterocycles. The van der Waals surface area contributed by atoms with Gasteiger partial charge in [-0.2, -0.15) is 0 Å². The Balaban J connectivity index is 2.31. The van der Waals surface area contributed by atoms with Gasteiger partial charge in [0.15, 0.2) is 5.69 Å². The van der Waals surface area contributed by atoms with Crippen LogP contribution in [0.15, 0.2) is 30.3 Å². The standard InChI is InChI=1S/C15H15NO5/c1-19-14(17)7-8-21-13-9-12(15(18)20-2)16-11-6-4-3-5-10(11)13/h3-6,9H,7-8H2,1-2H3. The number of pyridine rings is 1. The number of aromatic nitrogens is 1. The Kier molecular flexibility index (Phi) is 4.71. The van der Waals surface area contributed by atoms with Gasteiger partial charge >= 0.3 is 11.9 Å². The second-order valence-corrected chi connectivity index (χ2v) is 4.19. The zero-order valence-electron chi connectivity index (χ0n) is 11.8. The molecule has 0 aliphatic rings. The van der Waals surface area contributed by atoms with Crippen molar-refractivity contribution < 1.29 is 23.8 Å². The van der Waals surface area contributed by atoms with E-state index in [1.807, 2.05) is 18.2 Å². The van der Waals surface area contributed by atoms with Gasteiger partial charge in [-0.15, -0.1) is 0 Å². The fourth-order valence-corrected chi connectivity index (χ4v) is 1.82. The molecule has 0 saturated heterocycles. The first kappa shape index (κ1) is 14.8. The lowest BCUT2D eigenvalue weighted by Gasteiger charge is -2.10. The van der Waals surface area contributed by atoms with Gasteiger partial charge in [0.25, 0.3) is 0 Å². The number of fused-ring (bicyclic) bond motifs is 1. The topological polar surface area (TPSA) is 74.7 Å². The molecular formula is C15H15NO5. The number of rotatable bonds is 5. The van der Waals surface area contributed by atoms with Gasteiger partial charge in [-0.25, -0.2) is 9.78 Å². The lowest BCUT2D eigenvalue weighted by Crippen LogP contribution is -2.09. The molecule has 1 aromatic carbocycles. The fourth-order valence-electron chi connectivity index (χ4n) is 1.82. The third-order valence-electron chi connectivity index (χ3n) is 2.86. The number of hydrogen-bond donors (Lipinski definition) is 0. The third-order valence-corrected chi connectivity index (χ3v) is 2.86. The molecule has 6 heteroatoms. The second kappa shape index (κ2) is 6.69. The number of hydrogen-bond acceptors (Lipinski definition) is 6. The molecule has 0 N–H and O–H groups in total. The van der Waals surface area contributed by atoms with Crippen LogP contribution in [0.2, 0.25) is 0 Å². The number of carbonyl (C=O) groups excluding carboxylic acids is 2. The number of esters is 2. The summed E-state index contributed by atoms with van der Waals surface area (Å²) in [6, 6.07) is 8.76. The summed E-state index contributed by atoms with van der Waals surface area (Å²) in [5.74, 6) is -0.426. The summed E-state index contributed by atoms with van der Waals surface area (Å²) in [6.07, 6.45) is 0.126. The minimum absolute atomic E-state index is 0.126. The molecular weight excluding hydrogens is 274 g/mol. The normalized spacial score (nSPS) is 10.2. The first-order chi connectivity index (χ1) is 10.2. The molecule has 110 valence electrons. The highest BCUT2D eigenvalue weighted by Crippen LogP contribution is 2.25. The smallest absolute Gasteiger partial charge is 0.356 e. The van der Waals surface area contributed by atoms with Gasteiger partial charge in [0, 0.05) is 11.5 Å². The van der Waals surface area contributed by atoms with Crippen LogP contribution < -0.4 is 4.74 Å². The van der Waals surface area contributed by atoms with E-state index in [-0.39, 0.29) is 24.7 Å². The van der Waals surface area contributed by atoms with Crippen LogP contribution in [0.3, 0.4) is 0 Å². The Hall–Kier alpha value is -2.63. The van der Waals surface area contributed by atoms with Crippen molar-refractivity contribution in [1.82, 2.24) is 4.98 Å². The van der Waals surface area contributed by atoms with Crippen molar-refractivity contribution in [3.8, 4) is 5.75 Å². The highest BCUT2D eigenvalue weighted by molar-refractivity contribution is 5.94. The maximum absolute atomic E-state index is 11.6. The molecule has 0 aliphatic carbocycles. The van der Waals surface area contributed by atoms with Crippen molar-refractivity contribution in [2.24, 2.45) is 0 Å². The largest absolute Gasteiger partial charge is 0.492 e. The molecule has 1 aromatic heterocycles. The van der Waals surface area contributed by atoms with E-state index in [1.54, 1.807) is 6.07 Å². The first-order valence-corrected chi connectivity index (χ1v) is 6.33. The molecule has 0 unspecified atom stereocenters. The molecule has 2 rings (SSSR count). The van der Waals surface area contributed by atoms with E-state index in [1.165, 1.54) is 20.3 Å². The van der Waals surface area contributed by atoms with Crippen molar-refractivity contribution in [3.63, 3.8) is 0 Å². The summed E-state index contributed by atoms with van der Waals surface area (Å²) in [6.45, 7) is 0.154. The van der Waals surface area contributed by atoms with Gasteiger partial charge < -0.3 is 14.2 Å². The van der Waals surface area contributed by atoms with Crippen molar-refractivity contribution in [2.45, 2.75) is 6.42 Å². The molecule has 0 radical (unpaired) electrons. The molecule has 0 saturated carbocycles. The van der Waals surface area contributed by atoms with Gasteiger partial charge in [0.05, 0.1) is 32.8 Å². The summed E-state index contributed by atoms with van der Waals surface area (Å²) in [4.78, 5) is 26.9. The van der Waals surface area contributed by atoms with Crippen LogP contribution in [-0.4, -0.2) is 37.7 Å². The predicted molar refractivity (Wildman–Crippen MR) is 75.2 cm³/mol. The van der Waals surface area contributed by atoms with E-state index in [0.29, 0.717) is 11.3 Å². The quantitative estimate of drug-likeness (QED) is 0.783. The minimum atomic E-state index is -0.543. The van der Waals surface area contributed by atoms with Crippen LogP contribution in [0.1, 0.15) is 16.9 Å². The highest BCUT2D eigenvalue weighted by Gasteiger charge is 2.13. The molecule has 2 aromatic rings. The number of benzene rings is 1. The lowest BCUT2D eigenvalue weighted by molar-refractivity contribution is -0.141. The van der Waals surface area contributed by atoms with Gasteiger partial charge in [-0.1, -0.05) is 12.1 Å². The fraction of sp³-hybridized carbons (Fsp3) is 0.267. The summed E-state index contributed by atoms with van der Waals surface area (Å²) in [5.41, 5.74) is 0.776. The number of ether oxygens (including phenoxy) is 3. The van der Waals surface area contributed by atoms with E-state index in [9.17, 15) is 9.59 Å². The van der Waals surface area contributed by atoms with Crippen LogP contribution >= 0.6 is 0 Å². The van der Waals surface area contributed by atoms with E-state index in [2.05, 4.69) is 14.5 Å². The monoisotopic (exact) mass is 289 g/mol.